The van der Waals surface area contributed by atoms with Crippen molar-refractivity contribution in [2.24, 2.45) is 0 Å². The molecule has 3 N–H and O–H groups in total. The van der Waals surface area contributed by atoms with Crippen LogP contribution in [0.2, 0.25) is 10.0 Å². The van der Waals surface area contributed by atoms with Crippen LogP contribution in [0.3, 0.4) is 0 Å². The largest absolute Gasteiger partial charge is 0.382 e. The van der Waals surface area contributed by atoms with Gasteiger partial charge in [-0.25, -0.2) is 13.5 Å². The second-order valence-electron chi connectivity index (χ2n) is 3.83. The molecule has 1 heterocycles. The molecule has 2 rings (SSSR count). The van der Waals surface area contributed by atoms with Gasteiger partial charge in [0.15, 0.2) is 0 Å². The summed E-state index contributed by atoms with van der Waals surface area (Å²) in [4.78, 5) is 11.9. The maximum absolute atomic E-state index is 11.9. The molecule has 0 amide bonds. The molecular weight excluding hydrogens is 313 g/mol. The number of aromatic nitrogens is 2. The topological polar surface area (TPSA) is 98.0 Å². The van der Waals surface area contributed by atoms with Crippen LogP contribution in [-0.2, 0) is 10.0 Å². The minimum Gasteiger partial charge on any atom is -0.382 e. The Bertz CT molecular complexity index is 788. The number of benzene rings is 1. The molecule has 0 atom stereocenters. The molecular formula is C10H9Cl2N3O3S. The van der Waals surface area contributed by atoms with Crippen molar-refractivity contribution in [2.75, 3.05) is 12.0 Å². The molecule has 0 aliphatic heterocycles. The number of rotatable bonds is 2. The van der Waals surface area contributed by atoms with E-state index in [2.05, 4.69) is 5.10 Å². The lowest BCUT2D eigenvalue weighted by atomic mass is 10.1. The summed E-state index contributed by atoms with van der Waals surface area (Å²) in [5.74, 6) is -0.262. The zero-order valence-corrected chi connectivity index (χ0v) is 12.0. The molecule has 9 heteroatoms. The highest BCUT2D eigenvalue weighted by Gasteiger charge is 2.22. The van der Waals surface area contributed by atoms with E-state index in [4.69, 9.17) is 28.9 Å². The fourth-order valence-electron chi connectivity index (χ4n) is 1.67. The van der Waals surface area contributed by atoms with Gasteiger partial charge in [0.1, 0.15) is 5.82 Å². The molecule has 2 aromatic rings. The summed E-state index contributed by atoms with van der Waals surface area (Å²) in [5, 5.41) is 2.55. The van der Waals surface area contributed by atoms with E-state index in [1.807, 2.05) is 0 Å². The Balaban J connectivity index is 2.86. The smallest absolute Gasteiger partial charge is 0.275 e. The molecule has 6 nitrogen and oxygen atoms in total. The summed E-state index contributed by atoms with van der Waals surface area (Å²) in [6.07, 6.45) is 0.914. The number of hydrogen-bond donors (Lipinski definition) is 2. The van der Waals surface area contributed by atoms with Gasteiger partial charge in [0.05, 0.1) is 21.9 Å². The first kappa shape index (κ1) is 14.0. The first-order valence-corrected chi connectivity index (χ1v) is 7.59. The van der Waals surface area contributed by atoms with Crippen molar-refractivity contribution in [3.05, 3.63) is 38.6 Å². The first-order valence-electron chi connectivity index (χ1n) is 4.99. The third kappa shape index (κ3) is 2.36. The van der Waals surface area contributed by atoms with E-state index in [1.54, 1.807) is 6.07 Å². The zero-order chi connectivity index (χ0) is 14.4. The molecule has 0 aliphatic carbocycles. The highest BCUT2D eigenvalue weighted by molar-refractivity contribution is 7.89. The van der Waals surface area contributed by atoms with Gasteiger partial charge in [-0.15, -0.1) is 0 Å². The van der Waals surface area contributed by atoms with E-state index in [-0.39, 0.29) is 27.0 Å². The molecule has 19 heavy (non-hydrogen) atoms. The highest BCUT2D eigenvalue weighted by Crippen LogP contribution is 2.35. The number of nitrogens with zero attached hydrogens (tertiary/aromatic N) is 1. The molecule has 102 valence electrons. The number of anilines is 1. The molecule has 0 saturated carbocycles. The lowest BCUT2D eigenvalue weighted by Gasteiger charge is -2.06. The normalized spacial score (nSPS) is 11.7. The van der Waals surface area contributed by atoms with E-state index < -0.39 is 15.6 Å². The summed E-state index contributed by atoms with van der Waals surface area (Å²) >= 11 is 12.0. The Hall–Kier alpha value is -1.44. The minimum absolute atomic E-state index is 0.0685. The molecule has 0 radical (unpaired) electrons. The molecule has 0 unspecified atom stereocenters. The van der Waals surface area contributed by atoms with Gasteiger partial charge in [-0.2, -0.15) is 4.09 Å². The number of nitrogens with two attached hydrogens (primary N) is 1. The van der Waals surface area contributed by atoms with Crippen molar-refractivity contribution in [1.29, 1.82) is 0 Å². The quantitative estimate of drug-likeness (QED) is 0.876. The average Bonchev–Trinajstić information content (AvgIpc) is 2.56. The maximum Gasteiger partial charge on any atom is 0.275 e. The lowest BCUT2D eigenvalue weighted by Crippen LogP contribution is -2.16. The van der Waals surface area contributed by atoms with Crippen molar-refractivity contribution in [1.82, 2.24) is 9.19 Å². The second kappa shape index (κ2) is 4.59. The van der Waals surface area contributed by atoms with E-state index >= 15 is 0 Å². The molecule has 1 aromatic carbocycles. The number of halogens is 2. The monoisotopic (exact) mass is 321 g/mol. The van der Waals surface area contributed by atoms with Gasteiger partial charge in [0, 0.05) is 5.56 Å². The minimum atomic E-state index is -3.72. The standard InChI is InChI=1S/C10H9Cl2N3O3S/c1-19(17,18)15-9(13)8(10(16)14-15)7-5(11)3-2-4-6(7)12/h2-4H,13H2,1H3,(H,14,16). The number of nitrogens with one attached hydrogen (secondary N) is 1. The van der Waals surface area contributed by atoms with Crippen LogP contribution in [0.15, 0.2) is 23.0 Å². The predicted octanol–water partition coefficient (Wildman–Crippen LogP) is 1.54. The van der Waals surface area contributed by atoms with Gasteiger partial charge in [0.25, 0.3) is 15.6 Å². The Morgan fingerprint density at radius 3 is 2.16 bits per heavy atom. The van der Waals surface area contributed by atoms with Gasteiger partial charge in [-0.3, -0.25) is 4.79 Å². The summed E-state index contributed by atoms with van der Waals surface area (Å²) in [6, 6.07) is 4.66. The van der Waals surface area contributed by atoms with Gasteiger partial charge < -0.3 is 5.73 Å². The van der Waals surface area contributed by atoms with Crippen molar-refractivity contribution in [2.45, 2.75) is 0 Å². The Kier molecular flexibility index (Phi) is 3.38. The fourth-order valence-corrected chi connectivity index (χ4v) is 2.95. The van der Waals surface area contributed by atoms with Gasteiger partial charge in [0.2, 0.25) is 0 Å². The molecule has 0 fully saturated rings. The van der Waals surface area contributed by atoms with E-state index in [9.17, 15) is 13.2 Å². The van der Waals surface area contributed by atoms with E-state index in [1.165, 1.54) is 12.1 Å². The Labute approximate surface area is 118 Å². The van der Waals surface area contributed by atoms with Crippen molar-refractivity contribution >= 4 is 39.0 Å². The van der Waals surface area contributed by atoms with Crippen LogP contribution in [0.4, 0.5) is 5.82 Å². The third-order valence-corrected chi connectivity index (χ3v) is 4.03. The van der Waals surface area contributed by atoms with Crippen LogP contribution in [0.5, 0.6) is 0 Å². The summed E-state index contributed by atoms with van der Waals surface area (Å²) < 4.78 is 23.5. The van der Waals surface area contributed by atoms with Crippen molar-refractivity contribution < 1.29 is 8.42 Å². The summed E-state index contributed by atoms with van der Waals surface area (Å²) in [5.41, 5.74) is 5.15. The SMILES string of the molecule is CS(=O)(=O)n1[nH]c(=O)c(-c2c(Cl)cccc2Cl)c1N. The molecule has 0 bridgehead atoms. The predicted molar refractivity (Wildman–Crippen MR) is 75.2 cm³/mol. The van der Waals surface area contributed by atoms with Crippen molar-refractivity contribution in [3.8, 4) is 11.1 Å². The van der Waals surface area contributed by atoms with Crippen LogP contribution < -0.4 is 11.3 Å². The van der Waals surface area contributed by atoms with Crippen LogP contribution >= 0.6 is 23.2 Å². The highest BCUT2D eigenvalue weighted by atomic mass is 35.5. The number of hydrogen-bond acceptors (Lipinski definition) is 4. The molecule has 0 aliphatic rings. The molecule has 0 saturated heterocycles. The van der Waals surface area contributed by atoms with Crippen LogP contribution in [0, 0.1) is 0 Å². The van der Waals surface area contributed by atoms with E-state index in [0.29, 0.717) is 4.09 Å². The molecule has 1 aromatic heterocycles. The summed E-state index contributed by atoms with van der Waals surface area (Å²) in [7, 11) is -3.72. The van der Waals surface area contributed by atoms with Gasteiger partial charge in [-0.05, 0) is 12.1 Å². The van der Waals surface area contributed by atoms with Crippen LogP contribution in [-0.4, -0.2) is 23.9 Å². The third-order valence-electron chi connectivity index (χ3n) is 2.45. The number of aromatic amines is 1. The van der Waals surface area contributed by atoms with Crippen LogP contribution in [0.25, 0.3) is 11.1 Å². The Morgan fingerprint density at radius 1 is 1.21 bits per heavy atom. The number of H-pyrrole nitrogens is 1. The maximum atomic E-state index is 11.9. The Morgan fingerprint density at radius 2 is 1.74 bits per heavy atom. The second-order valence-corrected chi connectivity index (χ2v) is 6.47. The first-order chi connectivity index (χ1) is 8.73. The van der Waals surface area contributed by atoms with Gasteiger partial charge in [-0.1, -0.05) is 29.3 Å². The lowest BCUT2D eigenvalue weighted by molar-refractivity contribution is 0.587. The zero-order valence-electron chi connectivity index (χ0n) is 9.65. The fraction of sp³-hybridized carbons (Fsp3) is 0.100. The van der Waals surface area contributed by atoms with Crippen LogP contribution in [0.1, 0.15) is 0 Å². The average molecular weight is 322 g/mol. The summed E-state index contributed by atoms with van der Waals surface area (Å²) in [6.45, 7) is 0. The molecule has 0 spiro atoms. The number of nitrogen functional groups attached to an aromatic ring is 1. The van der Waals surface area contributed by atoms with E-state index in [0.717, 1.165) is 6.26 Å². The van der Waals surface area contributed by atoms with Gasteiger partial charge >= 0.3 is 0 Å². The van der Waals surface area contributed by atoms with Crippen molar-refractivity contribution in [3.63, 3.8) is 0 Å².